The van der Waals surface area contributed by atoms with Crippen LogP contribution >= 0.6 is 0 Å². The second-order valence-electron chi connectivity index (χ2n) is 6.71. The van der Waals surface area contributed by atoms with Crippen molar-refractivity contribution in [1.82, 2.24) is 4.90 Å². The summed E-state index contributed by atoms with van der Waals surface area (Å²) in [7, 11) is 0. The van der Waals surface area contributed by atoms with E-state index in [0.717, 1.165) is 23.3 Å². The average molecular weight is 409 g/mol. The fourth-order valence-electron chi connectivity index (χ4n) is 3.16. The summed E-state index contributed by atoms with van der Waals surface area (Å²) in [6.45, 7) is 3.61. The molecule has 2 aromatic rings. The van der Waals surface area contributed by atoms with Crippen molar-refractivity contribution in [3.05, 3.63) is 54.1 Å². The van der Waals surface area contributed by atoms with Gasteiger partial charge in [-0.3, -0.25) is 14.4 Å². The second-order valence-corrected chi connectivity index (χ2v) is 6.71. The van der Waals surface area contributed by atoms with Crippen LogP contribution in [0, 0.1) is 0 Å². The molecule has 8 heteroatoms. The van der Waals surface area contributed by atoms with Gasteiger partial charge in [0, 0.05) is 5.69 Å². The number of anilines is 2. The van der Waals surface area contributed by atoms with E-state index in [2.05, 4.69) is 12.2 Å². The van der Waals surface area contributed by atoms with Gasteiger partial charge in [0.05, 0.1) is 12.3 Å². The smallest absolute Gasteiger partial charge is 0.339 e. The van der Waals surface area contributed by atoms with Crippen LogP contribution in [-0.4, -0.2) is 41.8 Å². The summed E-state index contributed by atoms with van der Waals surface area (Å²) in [5, 5.41) is 2.64. The first-order valence-corrected chi connectivity index (χ1v) is 9.76. The van der Waals surface area contributed by atoms with E-state index < -0.39 is 30.3 Å². The highest BCUT2D eigenvalue weighted by molar-refractivity contribution is 6.53. The molecule has 156 valence electrons. The molecule has 1 saturated heterocycles. The molecule has 0 spiro atoms. The van der Waals surface area contributed by atoms with Gasteiger partial charge in [0.1, 0.15) is 12.3 Å². The van der Waals surface area contributed by atoms with Gasteiger partial charge in [0.2, 0.25) is 5.91 Å². The second kappa shape index (κ2) is 9.21. The minimum Gasteiger partial charge on any atom is -0.492 e. The number of carbonyl (C=O) groups excluding carboxylic acids is 4. The third-order valence-corrected chi connectivity index (χ3v) is 4.54. The van der Waals surface area contributed by atoms with E-state index in [4.69, 9.17) is 4.74 Å². The number of benzene rings is 2. The van der Waals surface area contributed by atoms with Crippen molar-refractivity contribution in [3.8, 4) is 5.75 Å². The largest absolute Gasteiger partial charge is 0.492 e. The Labute approximate surface area is 174 Å². The maximum atomic E-state index is 12.8. The third kappa shape index (κ3) is 4.32. The first-order chi connectivity index (χ1) is 14.5. The van der Waals surface area contributed by atoms with Crippen LogP contribution in [0.3, 0.4) is 0 Å². The minimum atomic E-state index is -1.06. The standard InChI is InChI=1S/C22H23N3O5/c1-3-7-15-10-12-16(13-11-15)23-19(26)14-24-20(27)21(28)25(22(24)29)17-8-5-6-9-18(17)30-4-2/h5-6,8-13H,3-4,7,14H2,1-2H3,(H,23,26). The van der Waals surface area contributed by atoms with E-state index in [1.165, 1.54) is 6.07 Å². The maximum absolute atomic E-state index is 12.8. The summed E-state index contributed by atoms with van der Waals surface area (Å²) in [6.07, 6.45) is 1.95. The van der Waals surface area contributed by atoms with Crippen molar-refractivity contribution in [2.45, 2.75) is 26.7 Å². The molecule has 1 fully saturated rings. The molecule has 30 heavy (non-hydrogen) atoms. The Morgan fingerprint density at radius 3 is 2.33 bits per heavy atom. The molecule has 1 N–H and O–H groups in total. The lowest BCUT2D eigenvalue weighted by Crippen LogP contribution is -2.39. The Kier molecular flexibility index (Phi) is 6.46. The molecule has 0 unspecified atom stereocenters. The number of nitrogens with zero attached hydrogens (tertiary/aromatic N) is 2. The van der Waals surface area contributed by atoms with Crippen molar-refractivity contribution >= 4 is 35.1 Å². The summed E-state index contributed by atoms with van der Waals surface area (Å²) in [5.74, 6) is -2.36. The van der Waals surface area contributed by atoms with Crippen LogP contribution in [0.5, 0.6) is 5.75 Å². The number of amides is 5. The molecule has 0 radical (unpaired) electrons. The monoisotopic (exact) mass is 409 g/mol. The number of imide groups is 2. The number of nitrogens with one attached hydrogen (secondary N) is 1. The number of rotatable bonds is 8. The van der Waals surface area contributed by atoms with Crippen molar-refractivity contribution in [2.24, 2.45) is 0 Å². The summed E-state index contributed by atoms with van der Waals surface area (Å²) in [4.78, 5) is 51.3. The molecular weight excluding hydrogens is 386 g/mol. The summed E-state index contributed by atoms with van der Waals surface area (Å²) in [5.41, 5.74) is 1.86. The van der Waals surface area contributed by atoms with Crippen molar-refractivity contribution in [2.75, 3.05) is 23.4 Å². The van der Waals surface area contributed by atoms with Gasteiger partial charge in [-0.05, 0) is 43.2 Å². The normalized spacial score (nSPS) is 13.7. The summed E-state index contributed by atoms with van der Waals surface area (Å²) in [6, 6.07) is 12.9. The third-order valence-electron chi connectivity index (χ3n) is 4.54. The molecule has 1 aliphatic heterocycles. The summed E-state index contributed by atoms with van der Waals surface area (Å²) >= 11 is 0. The molecule has 1 heterocycles. The zero-order valence-electron chi connectivity index (χ0n) is 16.9. The van der Waals surface area contributed by atoms with Crippen molar-refractivity contribution < 1.29 is 23.9 Å². The quantitative estimate of drug-likeness (QED) is 0.534. The molecule has 1 aliphatic rings. The number of hydrogen-bond acceptors (Lipinski definition) is 5. The first kappa shape index (κ1) is 21.0. The van der Waals surface area contributed by atoms with Gasteiger partial charge >= 0.3 is 17.8 Å². The molecule has 3 rings (SSSR count). The summed E-state index contributed by atoms with van der Waals surface area (Å²) < 4.78 is 5.45. The van der Waals surface area contributed by atoms with Gasteiger partial charge in [-0.1, -0.05) is 37.6 Å². The van der Waals surface area contributed by atoms with E-state index in [0.29, 0.717) is 22.9 Å². The van der Waals surface area contributed by atoms with Crippen LogP contribution in [0.4, 0.5) is 16.2 Å². The zero-order valence-corrected chi connectivity index (χ0v) is 16.9. The number of urea groups is 1. The molecule has 5 amide bonds. The van der Waals surface area contributed by atoms with E-state index in [1.807, 2.05) is 12.1 Å². The van der Waals surface area contributed by atoms with Crippen LogP contribution in [-0.2, 0) is 20.8 Å². The molecule has 2 aromatic carbocycles. The van der Waals surface area contributed by atoms with Crippen LogP contribution in [0.25, 0.3) is 0 Å². The highest BCUT2D eigenvalue weighted by Gasteiger charge is 2.47. The van der Waals surface area contributed by atoms with Crippen LogP contribution in [0.15, 0.2) is 48.5 Å². The fraction of sp³-hybridized carbons (Fsp3) is 0.273. The van der Waals surface area contributed by atoms with Crippen LogP contribution in [0.1, 0.15) is 25.8 Å². The number of carbonyl (C=O) groups is 4. The van der Waals surface area contributed by atoms with Crippen molar-refractivity contribution in [3.63, 3.8) is 0 Å². The Hall–Kier alpha value is -3.68. The van der Waals surface area contributed by atoms with Gasteiger partial charge in [-0.25, -0.2) is 14.6 Å². The topological polar surface area (TPSA) is 96.0 Å². The minimum absolute atomic E-state index is 0.164. The molecule has 0 atom stereocenters. The van der Waals surface area contributed by atoms with E-state index in [1.54, 1.807) is 37.3 Å². The number of aryl methyl sites for hydroxylation is 1. The van der Waals surface area contributed by atoms with Gasteiger partial charge in [0.15, 0.2) is 0 Å². The first-order valence-electron chi connectivity index (χ1n) is 9.76. The van der Waals surface area contributed by atoms with E-state index in [-0.39, 0.29) is 5.69 Å². The van der Waals surface area contributed by atoms with Gasteiger partial charge in [-0.15, -0.1) is 0 Å². The van der Waals surface area contributed by atoms with Gasteiger partial charge < -0.3 is 10.1 Å². The predicted molar refractivity (Wildman–Crippen MR) is 111 cm³/mol. The average Bonchev–Trinajstić information content (AvgIpc) is 2.94. The van der Waals surface area contributed by atoms with Crippen molar-refractivity contribution in [1.29, 1.82) is 0 Å². The zero-order chi connectivity index (χ0) is 21.7. The molecule has 0 aliphatic carbocycles. The highest BCUT2D eigenvalue weighted by Crippen LogP contribution is 2.31. The Morgan fingerprint density at radius 1 is 0.967 bits per heavy atom. The number of para-hydroxylation sites is 2. The van der Waals surface area contributed by atoms with Gasteiger partial charge in [0.25, 0.3) is 0 Å². The SMILES string of the molecule is CCCc1ccc(NC(=O)CN2C(=O)C(=O)N(c3ccccc3OCC)C2=O)cc1. The maximum Gasteiger partial charge on any atom is 0.339 e. The number of ether oxygens (including phenoxy) is 1. The molecular formula is C22H23N3O5. The highest BCUT2D eigenvalue weighted by atomic mass is 16.5. The van der Waals surface area contributed by atoms with E-state index >= 15 is 0 Å². The van der Waals surface area contributed by atoms with E-state index in [9.17, 15) is 19.2 Å². The molecule has 0 aromatic heterocycles. The molecule has 0 saturated carbocycles. The lowest BCUT2D eigenvalue weighted by molar-refractivity contribution is -0.140. The Bertz CT molecular complexity index is 971. The number of hydrogen-bond donors (Lipinski definition) is 1. The lowest BCUT2D eigenvalue weighted by Gasteiger charge is -2.18. The molecule has 0 bridgehead atoms. The van der Waals surface area contributed by atoms with Crippen LogP contribution in [0.2, 0.25) is 0 Å². The predicted octanol–water partition coefficient (Wildman–Crippen LogP) is 2.97. The van der Waals surface area contributed by atoms with Gasteiger partial charge in [-0.2, -0.15) is 0 Å². The fourth-order valence-corrected chi connectivity index (χ4v) is 3.16. The molecule has 8 nitrogen and oxygen atoms in total. The van der Waals surface area contributed by atoms with Crippen LogP contribution < -0.4 is 15.0 Å². The Balaban J connectivity index is 1.72. The Morgan fingerprint density at radius 2 is 1.67 bits per heavy atom. The lowest BCUT2D eigenvalue weighted by atomic mass is 10.1.